The molecule has 2 fully saturated rings. The Morgan fingerprint density at radius 3 is 1.89 bits per heavy atom. The number of amides is 2. The van der Waals surface area contributed by atoms with E-state index in [1.54, 1.807) is 38.0 Å². The van der Waals surface area contributed by atoms with E-state index in [2.05, 4.69) is 74.8 Å². The number of carbonyl (C=O) groups excluding carboxylic acids is 4. The van der Waals surface area contributed by atoms with Crippen LogP contribution < -0.4 is 10.6 Å². The smallest absolute Gasteiger partial charge is 0.319 e. The van der Waals surface area contributed by atoms with Gasteiger partial charge in [0.1, 0.15) is 40.3 Å². The summed E-state index contributed by atoms with van der Waals surface area (Å²) in [7, 11) is 0. The van der Waals surface area contributed by atoms with Gasteiger partial charge in [-0.15, -0.1) is 23.1 Å². The number of ether oxygens (including phenoxy) is 2. The number of β-lactam (4-membered cyclic amide) rings is 1. The molecule has 0 spiro atoms. The maximum Gasteiger partial charge on any atom is 0.319 e. The molecule has 2 amide bonds. The number of rotatable bonds is 18. The average molecular weight is 1090 g/mol. The van der Waals surface area contributed by atoms with Gasteiger partial charge in [-0.05, 0) is 55.5 Å². The molecule has 2 aliphatic rings. The fourth-order valence-corrected chi connectivity index (χ4v) is 11.0. The SMILES string of the molecule is CC(CON=C(C(=O)NC1C(=O)N2CC(C=CCI)(C(=O)OC(c3ccccc3)c3ccccc3)CS[C@H]12)c1csc(NC(c2ccccc2)(c2ccccc2)c2ccccc2)n1)C(=O)OC(C)(C)C. The van der Waals surface area contributed by atoms with Gasteiger partial charge in [0.05, 0.1) is 5.92 Å². The number of fused-ring (bicyclic) bond motifs is 1. The molecule has 2 N–H and O–H groups in total. The van der Waals surface area contributed by atoms with Crippen molar-refractivity contribution in [1.29, 1.82) is 0 Å². The highest BCUT2D eigenvalue weighted by atomic mass is 127. The van der Waals surface area contributed by atoms with E-state index < -0.39 is 57.8 Å². The van der Waals surface area contributed by atoms with Gasteiger partial charge in [0.2, 0.25) is 5.91 Å². The van der Waals surface area contributed by atoms with E-state index in [1.807, 2.05) is 127 Å². The molecule has 2 saturated heterocycles. The second-order valence-corrected chi connectivity index (χ2v) is 21.0. The standard InChI is InChI=1S/C55H54IN5O7S2/c1-37(50(64)68-53(2,3)4)33-66-60-44(43-34-69-52(57-43)59-55(40-25-14-7-15-26-40,41-27-16-8-17-28-41)42-29-18-9-19-30-42)47(62)58-45-48(63)61-35-54(31-20-32-56,36-70-49(45)61)51(65)67-46(38-21-10-5-11-22-38)39-23-12-6-13-24-39/h5-31,34,37,45-46,49H,32-33,35-36H2,1-4H3,(H,57,59)(H,58,62)/t37?,45?,49-,54?/m1/s1. The van der Waals surface area contributed by atoms with Crippen LogP contribution >= 0.6 is 45.7 Å². The molecule has 70 heavy (non-hydrogen) atoms. The van der Waals surface area contributed by atoms with Crippen LogP contribution in [0.25, 0.3) is 0 Å². The minimum Gasteiger partial charge on any atom is -0.460 e. The van der Waals surface area contributed by atoms with Crippen molar-refractivity contribution in [3.05, 3.63) is 203 Å². The largest absolute Gasteiger partial charge is 0.460 e. The number of thioether (sulfide) groups is 1. The van der Waals surface area contributed by atoms with Gasteiger partial charge in [-0.25, -0.2) is 4.98 Å². The summed E-state index contributed by atoms with van der Waals surface area (Å²) in [4.78, 5) is 68.4. The summed E-state index contributed by atoms with van der Waals surface area (Å²) in [6.07, 6.45) is 3.11. The molecule has 0 saturated carbocycles. The number of hydrogen-bond donors (Lipinski definition) is 2. The lowest BCUT2D eigenvalue weighted by atomic mass is 9.77. The maximum absolute atomic E-state index is 14.6. The molecule has 4 atom stereocenters. The van der Waals surface area contributed by atoms with Crippen molar-refractivity contribution in [2.75, 3.05) is 28.6 Å². The van der Waals surface area contributed by atoms with Crippen LogP contribution in [0.3, 0.4) is 0 Å². The molecular formula is C55H54IN5O7S2. The average Bonchev–Trinajstić information content (AvgIpc) is 3.85. The van der Waals surface area contributed by atoms with E-state index in [1.165, 1.54) is 23.1 Å². The van der Waals surface area contributed by atoms with Crippen LogP contribution in [0.4, 0.5) is 5.13 Å². The molecule has 1 aromatic heterocycles. The number of nitrogens with one attached hydrogen (secondary N) is 2. The molecule has 0 aliphatic carbocycles. The van der Waals surface area contributed by atoms with Crippen LogP contribution in [0.2, 0.25) is 0 Å². The molecular weight excluding hydrogens is 1030 g/mol. The highest BCUT2D eigenvalue weighted by Gasteiger charge is 2.57. The topological polar surface area (TPSA) is 149 Å². The number of aromatic nitrogens is 1. The molecule has 12 nitrogen and oxygen atoms in total. The summed E-state index contributed by atoms with van der Waals surface area (Å²) in [6, 6.07) is 48.4. The van der Waals surface area contributed by atoms with Gasteiger partial charge in [-0.3, -0.25) is 19.2 Å². The predicted molar refractivity (Wildman–Crippen MR) is 284 cm³/mol. The number of esters is 2. The molecule has 6 aromatic rings. The maximum atomic E-state index is 14.6. The number of nitrogens with zero attached hydrogens (tertiary/aromatic N) is 3. The molecule has 0 radical (unpaired) electrons. The molecule has 2 aliphatic heterocycles. The van der Waals surface area contributed by atoms with Crippen molar-refractivity contribution in [2.45, 2.75) is 56.4 Å². The zero-order valence-electron chi connectivity index (χ0n) is 39.2. The third-order valence-electron chi connectivity index (χ3n) is 11.9. The molecule has 3 heterocycles. The summed E-state index contributed by atoms with van der Waals surface area (Å²) < 4.78 is 12.6. The lowest BCUT2D eigenvalue weighted by molar-refractivity contribution is -0.163. The van der Waals surface area contributed by atoms with Crippen LogP contribution in [-0.2, 0) is 39.0 Å². The van der Waals surface area contributed by atoms with Crippen LogP contribution in [0, 0.1) is 11.3 Å². The van der Waals surface area contributed by atoms with Crippen LogP contribution in [-0.4, -0.2) is 79.7 Å². The third kappa shape index (κ3) is 11.2. The Morgan fingerprint density at radius 1 is 0.843 bits per heavy atom. The third-order valence-corrected chi connectivity index (χ3v) is 14.7. The van der Waals surface area contributed by atoms with Gasteiger partial charge in [-0.2, -0.15) is 0 Å². The number of halogens is 1. The van der Waals surface area contributed by atoms with Crippen molar-refractivity contribution in [3.8, 4) is 0 Å². The molecule has 0 bridgehead atoms. The van der Waals surface area contributed by atoms with Crippen LogP contribution in [0.15, 0.2) is 174 Å². The number of carbonyl (C=O) groups is 4. The number of hydrogen-bond acceptors (Lipinski definition) is 12. The van der Waals surface area contributed by atoms with E-state index in [4.69, 9.17) is 19.3 Å². The van der Waals surface area contributed by atoms with Crippen LogP contribution in [0.1, 0.15) is 67.3 Å². The molecule has 5 aromatic carbocycles. The van der Waals surface area contributed by atoms with Crippen LogP contribution in [0.5, 0.6) is 0 Å². The molecule has 15 heteroatoms. The Kier molecular flexibility index (Phi) is 15.9. The Balaban J connectivity index is 1.06. The summed E-state index contributed by atoms with van der Waals surface area (Å²) >= 11 is 4.91. The van der Waals surface area contributed by atoms with Crippen molar-refractivity contribution in [3.63, 3.8) is 0 Å². The highest BCUT2D eigenvalue weighted by molar-refractivity contribution is 14.1. The number of allylic oxidation sites excluding steroid dienone is 1. The Morgan fingerprint density at radius 2 is 1.37 bits per heavy atom. The summed E-state index contributed by atoms with van der Waals surface area (Å²) in [5.41, 5.74) is 1.77. The fraction of sp³-hybridized carbons (Fsp3) is 0.273. The minimum absolute atomic E-state index is 0.0673. The van der Waals surface area contributed by atoms with Gasteiger partial charge < -0.3 is 29.8 Å². The highest BCUT2D eigenvalue weighted by Crippen LogP contribution is 2.45. The second-order valence-electron chi connectivity index (χ2n) is 18.1. The number of thiazole rings is 1. The first-order chi connectivity index (χ1) is 33.8. The van der Waals surface area contributed by atoms with Crippen molar-refractivity contribution in [1.82, 2.24) is 15.2 Å². The van der Waals surface area contributed by atoms with Crippen molar-refractivity contribution < 1.29 is 33.5 Å². The van der Waals surface area contributed by atoms with Gasteiger partial charge in [0.15, 0.2) is 16.9 Å². The van der Waals surface area contributed by atoms with Gasteiger partial charge in [-0.1, -0.05) is 192 Å². The van der Waals surface area contributed by atoms with E-state index in [9.17, 15) is 19.2 Å². The van der Waals surface area contributed by atoms with E-state index >= 15 is 0 Å². The number of oxime groups is 1. The van der Waals surface area contributed by atoms with Gasteiger partial charge >= 0.3 is 11.9 Å². The molecule has 8 rings (SSSR count). The predicted octanol–water partition coefficient (Wildman–Crippen LogP) is 9.96. The molecule has 360 valence electrons. The van der Waals surface area contributed by atoms with Crippen molar-refractivity contribution >= 4 is 80.3 Å². The second kappa shape index (κ2) is 22.2. The zero-order valence-corrected chi connectivity index (χ0v) is 43.0. The molecule has 3 unspecified atom stereocenters. The quantitative estimate of drug-likeness (QED) is 0.0125. The van der Waals surface area contributed by atoms with E-state index in [0.717, 1.165) is 27.8 Å². The normalized spacial score (nSPS) is 18.6. The first-order valence-electron chi connectivity index (χ1n) is 22.9. The first kappa shape index (κ1) is 50.1. The minimum atomic E-state index is -1.15. The summed E-state index contributed by atoms with van der Waals surface area (Å²) in [5.74, 6) is -2.40. The Hall–Kier alpha value is -6.30. The summed E-state index contributed by atoms with van der Waals surface area (Å²) in [6.45, 7) is 6.88. The Bertz CT molecular complexity index is 2680. The number of alkyl halides is 1. The lowest BCUT2D eigenvalue weighted by Gasteiger charge is -2.53. The lowest BCUT2D eigenvalue weighted by Crippen LogP contribution is -2.74. The number of benzene rings is 5. The number of anilines is 1. The monoisotopic (exact) mass is 1090 g/mol. The van der Waals surface area contributed by atoms with Gasteiger partial charge in [0.25, 0.3) is 5.91 Å². The van der Waals surface area contributed by atoms with Crippen molar-refractivity contribution in [2.24, 2.45) is 16.5 Å². The van der Waals surface area contributed by atoms with E-state index in [0.29, 0.717) is 15.3 Å². The summed E-state index contributed by atoms with van der Waals surface area (Å²) in [5, 5.41) is 12.7. The van der Waals surface area contributed by atoms with Gasteiger partial charge in [0, 0.05) is 22.1 Å². The Labute approximate surface area is 430 Å². The first-order valence-corrected chi connectivity index (χ1v) is 26.4. The fourth-order valence-electron chi connectivity index (χ4n) is 8.45. The zero-order chi connectivity index (χ0) is 49.3. The van der Waals surface area contributed by atoms with E-state index in [-0.39, 0.29) is 30.5 Å².